The topological polar surface area (TPSA) is 80.1 Å². The maximum Gasteiger partial charge on any atom is 0.251 e. The van der Waals surface area contributed by atoms with Gasteiger partial charge in [-0.1, -0.05) is 11.2 Å². The van der Waals surface area contributed by atoms with E-state index in [1.807, 2.05) is 18.2 Å². The summed E-state index contributed by atoms with van der Waals surface area (Å²) < 4.78 is 4.86. The number of aromatic nitrogens is 2. The number of amides is 1. The smallest absolute Gasteiger partial charge is 0.251 e. The Labute approximate surface area is 110 Å². The van der Waals surface area contributed by atoms with Crippen LogP contribution in [0.15, 0.2) is 29.0 Å². The van der Waals surface area contributed by atoms with Crippen molar-refractivity contribution in [2.24, 2.45) is 0 Å². The van der Waals surface area contributed by atoms with Gasteiger partial charge in [-0.05, 0) is 24.1 Å². The molecule has 0 bridgehead atoms. The summed E-state index contributed by atoms with van der Waals surface area (Å²) in [6.45, 7) is 1.42. The molecule has 6 nitrogen and oxygen atoms in total. The molecule has 0 saturated carbocycles. The van der Waals surface area contributed by atoms with E-state index >= 15 is 0 Å². The average molecular weight is 258 g/mol. The molecule has 2 N–H and O–H groups in total. The maximum atomic E-state index is 12.0. The van der Waals surface area contributed by atoms with Crippen LogP contribution < -0.4 is 10.6 Å². The summed E-state index contributed by atoms with van der Waals surface area (Å²) in [7, 11) is 0. The molecule has 0 unspecified atom stereocenters. The Kier molecular flexibility index (Phi) is 3.14. The van der Waals surface area contributed by atoms with Gasteiger partial charge in [-0.25, -0.2) is 0 Å². The van der Waals surface area contributed by atoms with E-state index in [-0.39, 0.29) is 5.91 Å². The number of hydrogen-bond acceptors (Lipinski definition) is 5. The zero-order chi connectivity index (χ0) is 13.1. The minimum atomic E-state index is -0.0870. The van der Waals surface area contributed by atoms with Gasteiger partial charge >= 0.3 is 0 Å². The molecule has 0 saturated heterocycles. The molecule has 1 aliphatic heterocycles. The van der Waals surface area contributed by atoms with E-state index in [0.29, 0.717) is 24.4 Å². The lowest BCUT2D eigenvalue weighted by Gasteiger charge is -2.06. The number of anilines is 1. The molecule has 19 heavy (non-hydrogen) atoms. The van der Waals surface area contributed by atoms with Crippen LogP contribution in [-0.4, -0.2) is 29.1 Å². The van der Waals surface area contributed by atoms with Crippen LogP contribution in [0.5, 0.6) is 0 Å². The van der Waals surface area contributed by atoms with E-state index < -0.39 is 0 Å². The third-order valence-corrected chi connectivity index (χ3v) is 3.11. The number of fused-ring (bicyclic) bond motifs is 1. The molecule has 1 aromatic carbocycles. The van der Waals surface area contributed by atoms with Gasteiger partial charge in [-0.3, -0.25) is 4.79 Å². The first kappa shape index (κ1) is 11.7. The summed E-state index contributed by atoms with van der Waals surface area (Å²) in [5.41, 5.74) is 2.99. The van der Waals surface area contributed by atoms with Crippen LogP contribution in [0.1, 0.15) is 21.8 Å². The highest BCUT2D eigenvalue weighted by Gasteiger charge is 2.13. The molecule has 98 valence electrons. The second kappa shape index (κ2) is 5.09. The van der Waals surface area contributed by atoms with Gasteiger partial charge in [0.25, 0.3) is 5.91 Å². The second-order valence-corrected chi connectivity index (χ2v) is 4.39. The summed E-state index contributed by atoms with van der Waals surface area (Å²) in [4.78, 5) is 15.9. The Morgan fingerprint density at radius 3 is 3.26 bits per heavy atom. The van der Waals surface area contributed by atoms with Crippen LogP contribution in [0.3, 0.4) is 0 Å². The van der Waals surface area contributed by atoms with Crippen molar-refractivity contribution in [2.45, 2.75) is 12.8 Å². The lowest BCUT2D eigenvalue weighted by Crippen LogP contribution is -2.25. The Morgan fingerprint density at radius 1 is 1.47 bits per heavy atom. The summed E-state index contributed by atoms with van der Waals surface area (Å²) in [6, 6.07) is 5.75. The van der Waals surface area contributed by atoms with Crippen LogP contribution >= 0.6 is 0 Å². The molecule has 2 aromatic rings. The highest BCUT2D eigenvalue weighted by Crippen LogP contribution is 2.23. The normalized spacial score (nSPS) is 12.8. The zero-order valence-electron chi connectivity index (χ0n) is 10.3. The molecule has 6 heteroatoms. The van der Waals surface area contributed by atoms with Crippen molar-refractivity contribution in [3.8, 4) is 0 Å². The van der Waals surface area contributed by atoms with Crippen LogP contribution in [0, 0.1) is 0 Å². The SMILES string of the molecule is O=C(NCCc1ncno1)c1ccc2c(c1)NCC2. The van der Waals surface area contributed by atoms with E-state index in [0.717, 1.165) is 18.7 Å². The zero-order valence-corrected chi connectivity index (χ0v) is 10.3. The average Bonchev–Trinajstić information content (AvgIpc) is 3.08. The van der Waals surface area contributed by atoms with Crippen LogP contribution in [-0.2, 0) is 12.8 Å². The number of nitrogens with one attached hydrogen (secondary N) is 2. The number of hydrogen-bond donors (Lipinski definition) is 2. The molecule has 1 aromatic heterocycles. The summed E-state index contributed by atoms with van der Waals surface area (Å²) in [5, 5.41) is 9.60. The van der Waals surface area contributed by atoms with Crippen molar-refractivity contribution < 1.29 is 9.32 Å². The fourth-order valence-electron chi connectivity index (χ4n) is 2.12. The van der Waals surface area contributed by atoms with Gasteiger partial charge in [-0.15, -0.1) is 0 Å². The first-order valence-electron chi connectivity index (χ1n) is 6.23. The number of nitrogens with zero attached hydrogens (tertiary/aromatic N) is 2. The van der Waals surface area contributed by atoms with Gasteiger partial charge in [0.1, 0.15) is 0 Å². The number of rotatable bonds is 4. The van der Waals surface area contributed by atoms with Crippen molar-refractivity contribution in [2.75, 3.05) is 18.4 Å². The first-order chi connectivity index (χ1) is 9.33. The highest BCUT2D eigenvalue weighted by molar-refractivity contribution is 5.95. The lowest BCUT2D eigenvalue weighted by atomic mass is 10.1. The monoisotopic (exact) mass is 258 g/mol. The molecule has 0 radical (unpaired) electrons. The molecular formula is C13H14N4O2. The lowest BCUT2D eigenvalue weighted by molar-refractivity contribution is 0.0953. The van der Waals surface area contributed by atoms with Crippen LogP contribution in [0.4, 0.5) is 5.69 Å². The Bertz CT molecular complexity index is 580. The van der Waals surface area contributed by atoms with Gasteiger partial charge in [0.05, 0.1) is 0 Å². The van der Waals surface area contributed by atoms with Gasteiger partial charge in [0, 0.05) is 30.8 Å². The van der Waals surface area contributed by atoms with Crippen LogP contribution in [0.25, 0.3) is 0 Å². The molecule has 0 atom stereocenters. The molecule has 0 fully saturated rings. The van der Waals surface area contributed by atoms with Crippen molar-refractivity contribution >= 4 is 11.6 Å². The van der Waals surface area contributed by atoms with Crippen molar-refractivity contribution in [1.29, 1.82) is 0 Å². The van der Waals surface area contributed by atoms with E-state index in [1.54, 1.807) is 0 Å². The van der Waals surface area contributed by atoms with Gasteiger partial charge in [0.15, 0.2) is 6.33 Å². The summed E-state index contributed by atoms with van der Waals surface area (Å²) in [5.74, 6) is 0.437. The number of carbonyl (C=O) groups is 1. The molecule has 0 spiro atoms. The summed E-state index contributed by atoms with van der Waals surface area (Å²) in [6.07, 6.45) is 2.91. The maximum absolute atomic E-state index is 12.0. The fourth-order valence-corrected chi connectivity index (χ4v) is 2.12. The standard InChI is InChI=1S/C13H14N4O2/c18-13(15-6-4-12-16-8-17-19-12)10-2-1-9-3-5-14-11(9)7-10/h1-2,7-8,14H,3-6H2,(H,15,18). The number of benzene rings is 1. The minimum Gasteiger partial charge on any atom is -0.384 e. The first-order valence-corrected chi connectivity index (χ1v) is 6.23. The van der Waals surface area contributed by atoms with Gasteiger partial charge < -0.3 is 15.2 Å². The second-order valence-electron chi connectivity index (χ2n) is 4.39. The third kappa shape index (κ3) is 2.57. The quantitative estimate of drug-likeness (QED) is 0.855. The van der Waals surface area contributed by atoms with Crippen LogP contribution in [0.2, 0.25) is 0 Å². The van der Waals surface area contributed by atoms with Crippen molar-refractivity contribution in [3.63, 3.8) is 0 Å². The predicted molar refractivity (Wildman–Crippen MR) is 69.0 cm³/mol. The highest BCUT2D eigenvalue weighted by atomic mass is 16.5. The van der Waals surface area contributed by atoms with Crippen molar-refractivity contribution in [3.05, 3.63) is 41.5 Å². The van der Waals surface area contributed by atoms with E-state index in [1.165, 1.54) is 11.9 Å². The van der Waals surface area contributed by atoms with E-state index in [2.05, 4.69) is 20.8 Å². The molecule has 0 aliphatic carbocycles. The minimum absolute atomic E-state index is 0.0870. The number of carbonyl (C=O) groups excluding carboxylic acids is 1. The predicted octanol–water partition coefficient (Wildman–Crippen LogP) is 1.01. The van der Waals surface area contributed by atoms with Crippen molar-refractivity contribution in [1.82, 2.24) is 15.5 Å². The third-order valence-electron chi connectivity index (χ3n) is 3.11. The molecule has 1 aliphatic rings. The van der Waals surface area contributed by atoms with E-state index in [4.69, 9.17) is 4.52 Å². The Balaban J connectivity index is 1.58. The largest absolute Gasteiger partial charge is 0.384 e. The Hall–Kier alpha value is -2.37. The Morgan fingerprint density at radius 2 is 2.42 bits per heavy atom. The molecular weight excluding hydrogens is 244 g/mol. The molecule has 1 amide bonds. The van der Waals surface area contributed by atoms with E-state index in [9.17, 15) is 4.79 Å². The molecule has 3 rings (SSSR count). The van der Waals surface area contributed by atoms with Gasteiger partial charge in [0.2, 0.25) is 5.89 Å². The fraction of sp³-hybridized carbons (Fsp3) is 0.308. The van der Waals surface area contributed by atoms with Gasteiger partial charge in [-0.2, -0.15) is 4.98 Å². The molecule has 2 heterocycles. The summed E-state index contributed by atoms with van der Waals surface area (Å²) >= 11 is 0.